The lowest BCUT2D eigenvalue weighted by molar-refractivity contribution is 0.632. The Hall–Kier alpha value is -1.94. The third-order valence-corrected chi connectivity index (χ3v) is 3.34. The number of halogens is 2. The minimum atomic E-state index is -0.274. The number of para-hydroxylation sites is 1. The molecule has 0 spiro atoms. The van der Waals surface area contributed by atoms with Crippen LogP contribution in [0.25, 0.3) is 10.9 Å². The second-order valence-electron chi connectivity index (χ2n) is 4.12. The Kier molecular flexibility index (Phi) is 3.17. The molecule has 3 aromatic rings. The highest BCUT2D eigenvalue weighted by Gasteiger charge is 2.05. The molecule has 0 fully saturated rings. The summed E-state index contributed by atoms with van der Waals surface area (Å²) >= 11 is 3.42. The predicted molar refractivity (Wildman–Crippen MR) is 79.1 cm³/mol. The molecule has 19 heavy (non-hydrogen) atoms. The number of nitrogens with one attached hydrogen (secondary N) is 1. The van der Waals surface area contributed by atoms with E-state index in [2.05, 4.69) is 26.2 Å². The zero-order valence-electron chi connectivity index (χ0n) is 9.90. The molecule has 1 N–H and O–H groups in total. The van der Waals surface area contributed by atoms with Crippen LogP contribution in [0.1, 0.15) is 0 Å². The SMILES string of the molecule is Fc1ccccc1Nc1ccnc2cc(Br)ccc12. The van der Waals surface area contributed by atoms with Crippen molar-refractivity contribution < 1.29 is 4.39 Å². The first-order valence-corrected chi connectivity index (χ1v) is 6.59. The molecule has 0 aliphatic carbocycles. The average molecular weight is 317 g/mol. The number of nitrogens with zero attached hydrogens (tertiary/aromatic N) is 1. The van der Waals surface area contributed by atoms with Crippen molar-refractivity contribution in [2.24, 2.45) is 0 Å². The van der Waals surface area contributed by atoms with E-state index < -0.39 is 0 Å². The van der Waals surface area contributed by atoms with Crippen molar-refractivity contribution in [3.05, 3.63) is 65.0 Å². The number of anilines is 2. The van der Waals surface area contributed by atoms with E-state index in [1.807, 2.05) is 24.3 Å². The number of aromatic nitrogens is 1. The van der Waals surface area contributed by atoms with Crippen molar-refractivity contribution in [2.45, 2.75) is 0 Å². The summed E-state index contributed by atoms with van der Waals surface area (Å²) in [5.74, 6) is -0.274. The number of pyridine rings is 1. The normalized spacial score (nSPS) is 10.6. The maximum atomic E-state index is 13.7. The maximum Gasteiger partial charge on any atom is 0.146 e. The lowest BCUT2D eigenvalue weighted by Crippen LogP contribution is -1.95. The van der Waals surface area contributed by atoms with Gasteiger partial charge in [0.2, 0.25) is 0 Å². The Bertz CT molecular complexity index is 743. The highest BCUT2D eigenvalue weighted by molar-refractivity contribution is 9.10. The van der Waals surface area contributed by atoms with Crippen molar-refractivity contribution in [2.75, 3.05) is 5.32 Å². The van der Waals surface area contributed by atoms with Crippen LogP contribution in [0.15, 0.2) is 59.2 Å². The summed E-state index contributed by atoms with van der Waals surface area (Å²) in [6, 6.07) is 14.3. The first-order valence-electron chi connectivity index (χ1n) is 5.80. The molecule has 3 rings (SSSR count). The first kappa shape index (κ1) is 12.1. The molecule has 0 unspecified atom stereocenters. The number of benzene rings is 2. The molecule has 2 aromatic carbocycles. The van der Waals surface area contributed by atoms with Crippen molar-refractivity contribution in [1.29, 1.82) is 0 Å². The number of fused-ring (bicyclic) bond motifs is 1. The van der Waals surface area contributed by atoms with E-state index in [4.69, 9.17) is 0 Å². The van der Waals surface area contributed by atoms with Crippen LogP contribution in [-0.4, -0.2) is 4.98 Å². The summed E-state index contributed by atoms with van der Waals surface area (Å²) in [5.41, 5.74) is 2.15. The van der Waals surface area contributed by atoms with Crippen LogP contribution in [0.5, 0.6) is 0 Å². The van der Waals surface area contributed by atoms with E-state index in [9.17, 15) is 4.39 Å². The van der Waals surface area contributed by atoms with E-state index in [1.165, 1.54) is 6.07 Å². The topological polar surface area (TPSA) is 24.9 Å². The zero-order valence-corrected chi connectivity index (χ0v) is 11.5. The Labute approximate surface area is 118 Å². The molecule has 1 heterocycles. The molecule has 0 bridgehead atoms. The molecule has 0 amide bonds. The van der Waals surface area contributed by atoms with Crippen molar-refractivity contribution in [3.8, 4) is 0 Å². The van der Waals surface area contributed by atoms with Crippen LogP contribution in [0, 0.1) is 5.82 Å². The maximum absolute atomic E-state index is 13.7. The molecule has 0 saturated carbocycles. The van der Waals surface area contributed by atoms with Gasteiger partial charge in [0.1, 0.15) is 5.82 Å². The van der Waals surface area contributed by atoms with Crippen LogP contribution in [0.2, 0.25) is 0 Å². The summed E-state index contributed by atoms with van der Waals surface area (Å²) in [6.45, 7) is 0. The predicted octanol–water partition coefficient (Wildman–Crippen LogP) is 4.88. The molecule has 0 aliphatic rings. The summed E-state index contributed by atoms with van der Waals surface area (Å²) < 4.78 is 14.6. The minimum Gasteiger partial charge on any atom is -0.353 e. The van der Waals surface area contributed by atoms with Gasteiger partial charge in [-0.1, -0.05) is 28.1 Å². The lowest BCUT2D eigenvalue weighted by atomic mass is 10.2. The smallest absolute Gasteiger partial charge is 0.146 e. The fourth-order valence-electron chi connectivity index (χ4n) is 1.94. The van der Waals surface area contributed by atoms with Crippen molar-refractivity contribution in [3.63, 3.8) is 0 Å². The molecular weight excluding hydrogens is 307 g/mol. The van der Waals surface area contributed by atoms with E-state index in [0.717, 1.165) is 21.1 Å². The molecule has 0 radical (unpaired) electrons. The number of rotatable bonds is 2. The molecule has 0 saturated heterocycles. The first-order chi connectivity index (χ1) is 9.24. The fraction of sp³-hybridized carbons (Fsp3) is 0. The van der Waals surface area contributed by atoms with E-state index >= 15 is 0 Å². The third-order valence-electron chi connectivity index (χ3n) is 2.85. The molecule has 1 aromatic heterocycles. The van der Waals surface area contributed by atoms with Gasteiger partial charge in [-0.15, -0.1) is 0 Å². The Balaban J connectivity index is 2.09. The quantitative estimate of drug-likeness (QED) is 0.728. The van der Waals surface area contributed by atoms with Gasteiger partial charge >= 0.3 is 0 Å². The van der Waals surface area contributed by atoms with Gasteiger partial charge in [-0.3, -0.25) is 4.98 Å². The van der Waals surface area contributed by atoms with Crippen molar-refractivity contribution >= 4 is 38.2 Å². The Morgan fingerprint density at radius 3 is 2.68 bits per heavy atom. The van der Waals surface area contributed by atoms with Crippen LogP contribution in [0.4, 0.5) is 15.8 Å². The van der Waals surface area contributed by atoms with Crippen LogP contribution in [0.3, 0.4) is 0 Å². The molecule has 94 valence electrons. The Morgan fingerprint density at radius 1 is 1.00 bits per heavy atom. The van der Waals surface area contributed by atoms with Gasteiger partial charge < -0.3 is 5.32 Å². The molecular formula is C15H10BrFN2. The third kappa shape index (κ3) is 2.44. The second kappa shape index (κ2) is 4.97. The van der Waals surface area contributed by atoms with Gasteiger partial charge in [-0.05, 0) is 36.4 Å². The van der Waals surface area contributed by atoms with Gasteiger partial charge in [0, 0.05) is 21.7 Å². The van der Waals surface area contributed by atoms with Gasteiger partial charge in [-0.2, -0.15) is 0 Å². The summed E-state index contributed by atoms with van der Waals surface area (Å²) in [4.78, 5) is 4.30. The zero-order chi connectivity index (χ0) is 13.2. The minimum absolute atomic E-state index is 0.274. The lowest BCUT2D eigenvalue weighted by Gasteiger charge is -2.10. The molecule has 4 heteroatoms. The highest BCUT2D eigenvalue weighted by atomic mass is 79.9. The summed E-state index contributed by atoms with van der Waals surface area (Å²) in [6.07, 6.45) is 1.71. The molecule has 2 nitrogen and oxygen atoms in total. The number of hydrogen-bond donors (Lipinski definition) is 1. The van der Waals surface area contributed by atoms with Gasteiger partial charge in [-0.25, -0.2) is 4.39 Å². The number of hydrogen-bond acceptors (Lipinski definition) is 2. The fourth-order valence-corrected chi connectivity index (χ4v) is 2.29. The van der Waals surface area contributed by atoms with Crippen molar-refractivity contribution in [1.82, 2.24) is 4.98 Å². The molecule has 0 aliphatic heterocycles. The largest absolute Gasteiger partial charge is 0.353 e. The van der Waals surface area contributed by atoms with Gasteiger partial charge in [0.15, 0.2) is 0 Å². The highest BCUT2D eigenvalue weighted by Crippen LogP contribution is 2.28. The monoisotopic (exact) mass is 316 g/mol. The van der Waals surface area contributed by atoms with Crippen LogP contribution >= 0.6 is 15.9 Å². The standard InChI is InChI=1S/C15H10BrFN2/c16-10-5-6-11-13(7-8-18-15(11)9-10)19-14-4-2-1-3-12(14)17/h1-9H,(H,18,19). The second-order valence-corrected chi connectivity index (χ2v) is 5.04. The summed E-state index contributed by atoms with van der Waals surface area (Å²) in [7, 11) is 0. The van der Waals surface area contributed by atoms with E-state index in [1.54, 1.807) is 24.4 Å². The van der Waals surface area contributed by atoms with Crippen LogP contribution < -0.4 is 5.32 Å². The molecule has 0 atom stereocenters. The summed E-state index contributed by atoms with van der Waals surface area (Å²) in [5, 5.41) is 4.06. The Morgan fingerprint density at radius 2 is 1.84 bits per heavy atom. The average Bonchev–Trinajstić information content (AvgIpc) is 2.41. The van der Waals surface area contributed by atoms with Gasteiger partial charge in [0.25, 0.3) is 0 Å². The van der Waals surface area contributed by atoms with E-state index in [0.29, 0.717) is 5.69 Å². The van der Waals surface area contributed by atoms with Crippen LogP contribution in [-0.2, 0) is 0 Å². The van der Waals surface area contributed by atoms with E-state index in [-0.39, 0.29) is 5.82 Å². The van der Waals surface area contributed by atoms with Gasteiger partial charge in [0.05, 0.1) is 11.2 Å².